The normalized spacial score (nSPS) is 20.6. The van der Waals surface area contributed by atoms with Gasteiger partial charge in [0.2, 0.25) is 11.8 Å². The molecule has 2 saturated heterocycles. The van der Waals surface area contributed by atoms with Gasteiger partial charge in [0, 0.05) is 32.7 Å². The number of benzene rings is 1. The summed E-state index contributed by atoms with van der Waals surface area (Å²) in [7, 11) is 0. The van der Waals surface area contributed by atoms with Gasteiger partial charge in [-0.15, -0.1) is 0 Å². The van der Waals surface area contributed by atoms with E-state index in [0.29, 0.717) is 37.3 Å². The molecule has 2 heterocycles. The summed E-state index contributed by atoms with van der Waals surface area (Å²) in [5.41, 5.74) is 0.621. The molecule has 148 valence electrons. The van der Waals surface area contributed by atoms with E-state index >= 15 is 0 Å². The summed E-state index contributed by atoms with van der Waals surface area (Å²) in [6, 6.07) is 6.64. The van der Waals surface area contributed by atoms with Crippen molar-refractivity contribution in [1.29, 1.82) is 0 Å². The maximum absolute atomic E-state index is 13.6. The van der Waals surface area contributed by atoms with E-state index in [1.165, 1.54) is 6.07 Å². The summed E-state index contributed by atoms with van der Waals surface area (Å²) in [4.78, 5) is 26.4. The molecule has 6 heteroatoms. The van der Waals surface area contributed by atoms with Gasteiger partial charge in [-0.25, -0.2) is 4.39 Å². The minimum absolute atomic E-state index is 0.00970. The Labute approximate surface area is 160 Å². The van der Waals surface area contributed by atoms with Crippen molar-refractivity contribution in [2.45, 2.75) is 51.0 Å². The fraction of sp³-hybridized carbons (Fsp3) is 0.619. The van der Waals surface area contributed by atoms with Crippen molar-refractivity contribution in [2.75, 3.05) is 26.2 Å². The van der Waals surface area contributed by atoms with Crippen LogP contribution in [0.4, 0.5) is 4.39 Å². The van der Waals surface area contributed by atoms with E-state index in [0.717, 1.165) is 45.4 Å². The van der Waals surface area contributed by atoms with E-state index < -0.39 is 0 Å². The molecule has 0 spiro atoms. The highest BCUT2D eigenvalue weighted by molar-refractivity contribution is 5.77. The lowest BCUT2D eigenvalue weighted by atomic mass is 9.93. The quantitative estimate of drug-likeness (QED) is 0.796. The average Bonchev–Trinajstić information content (AvgIpc) is 3.17. The molecule has 2 aliphatic rings. The largest absolute Gasteiger partial charge is 0.378 e. The molecule has 1 N–H and O–H groups in total. The third kappa shape index (κ3) is 6.03. The highest BCUT2D eigenvalue weighted by Gasteiger charge is 2.27. The minimum Gasteiger partial charge on any atom is -0.378 e. The number of piperidine rings is 1. The summed E-state index contributed by atoms with van der Waals surface area (Å²) in [5.74, 6) is 0.266. The van der Waals surface area contributed by atoms with Crippen molar-refractivity contribution in [3.05, 3.63) is 35.6 Å². The highest BCUT2D eigenvalue weighted by Crippen LogP contribution is 2.23. The fourth-order valence-corrected chi connectivity index (χ4v) is 3.89. The number of carbonyl (C=O) groups excluding carboxylic acids is 2. The van der Waals surface area contributed by atoms with E-state index in [-0.39, 0.29) is 23.7 Å². The van der Waals surface area contributed by atoms with Crippen molar-refractivity contribution >= 4 is 11.8 Å². The Morgan fingerprint density at radius 1 is 1.15 bits per heavy atom. The molecule has 0 aliphatic carbocycles. The third-order valence-corrected chi connectivity index (χ3v) is 5.54. The Kier molecular flexibility index (Phi) is 7.21. The van der Waals surface area contributed by atoms with Crippen molar-refractivity contribution in [2.24, 2.45) is 5.92 Å². The van der Waals surface area contributed by atoms with Crippen molar-refractivity contribution < 1.29 is 18.7 Å². The molecule has 0 radical (unpaired) electrons. The lowest BCUT2D eigenvalue weighted by Crippen LogP contribution is -2.40. The molecule has 0 bridgehead atoms. The maximum atomic E-state index is 13.6. The maximum Gasteiger partial charge on any atom is 0.225 e. The summed E-state index contributed by atoms with van der Waals surface area (Å²) in [5, 5.41) is 2.89. The highest BCUT2D eigenvalue weighted by atomic mass is 19.1. The standard InChI is InChI=1S/C21H29FN2O3/c22-19-6-2-1-4-17(19)7-10-23-20(25)14-16-8-11-24(12-9-16)21(26)15-18-5-3-13-27-18/h1-2,4,6,16,18H,3,5,7-15H2,(H,23,25). The van der Waals surface area contributed by atoms with Gasteiger partial charge in [0.25, 0.3) is 0 Å². The van der Waals surface area contributed by atoms with Gasteiger partial charge in [0.05, 0.1) is 12.5 Å². The lowest BCUT2D eigenvalue weighted by molar-refractivity contribution is -0.135. The average molecular weight is 376 g/mol. The van der Waals surface area contributed by atoms with Crippen LogP contribution in [0.1, 0.15) is 44.1 Å². The molecule has 1 atom stereocenters. The van der Waals surface area contributed by atoms with Crippen molar-refractivity contribution in [1.82, 2.24) is 10.2 Å². The van der Waals surface area contributed by atoms with Gasteiger partial charge in [0.1, 0.15) is 5.82 Å². The van der Waals surface area contributed by atoms with Crippen LogP contribution in [0.25, 0.3) is 0 Å². The summed E-state index contributed by atoms with van der Waals surface area (Å²) >= 11 is 0. The molecule has 1 aromatic rings. The molecule has 0 aromatic heterocycles. The Balaban J connectivity index is 1.32. The summed E-state index contributed by atoms with van der Waals surface area (Å²) in [6.45, 7) is 2.65. The number of likely N-dealkylation sites (tertiary alicyclic amines) is 1. The predicted octanol–water partition coefficient (Wildman–Crippen LogP) is 2.68. The first kappa shape index (κ1) is 19.8. The van der Waals surface area contributed by atoms with Crippen LogP contribution in [0.15, 0.2) is 24.3 Å². The van der Waals surface area contributed by atoms with Crippen LogP contribution in [0, 0.1) is 11.7 Å². The number of halogens is 1. The molecule has 1 unspecified atom stereocenters. The number of nitrogens with one attached hydrogen (secondary N) is 1. The van der Waals surface area contributed by atoms with Crippen LogP contribution in [0.5, 0.6) is 0 Å². The lowest BCUT2D eigenvalue weighted by Gasteiger charge is -2.32. The summed E-state index contributed by atoms with van der Waals surface area (Å²) < 4.78 is 19.1. The van der Waals surface area contributed by atoms with Crippen LogP contribution in [-0.2, 0) is 20.7 Å². The number of carbonyl (C=O) groups is 2. The predicted molar refractivity (Wildman–Crippen MR) is 101 cm³/mol. The number of rotatable bonds is 7. The van der Waals surface area contributed by atoms with Crippen LogP contribution in [0.2, 0.25) is 0 Å². The monoisotopic (exact) mass is 376 g/mol. The molecule has 2 fully saturated rings. The minimum atomic E-state index is -0.230. The second-order valence-corrected chi connectivity index (χ2v) is 7.56. The molecule has 2 aliphatic heterocycles. The van der Waals surface area contributed by atoms with E-state index in [4.69, 9.17) is 4.74 Å². The first-order valence-electron chi connectivity index (χ1n) is 10.0. The second kappa shape index (κ2) is 9.83. The molecule has 2 amide bonds. The zero-order chi connectivity index (χ0) is 19.1. The van der Waals surface area contributed by atoms with E-state index in [2.05, 4.69) is 5.32 Å². The number of nitrogens with zero attached hydrogens (tertiary/aromatic N) is 1. The molecular formula is C21H29FN2O3. The molecule has 27 heavy (non-hydrogen) atoms. The first-order chi connectivity index (χ1) is 13.1. The Hall–Kier alpha value is -1.95. The van der Waals surface area contributed by atoms with Crippen molar-refractivity contribution in [3.63, 3.8) is 0 Å². The van der Waals surface area contributed by atoms with Gasteiger partial charge in [-0.3, -0.25) is 9.59 Å². The van der Waals surface area contributed by atoms with E-state index in [9.17, 15) is 14.0 Å². The smallest absolute Gasteiger partial charge is 0.225 e. The third-order valence-electron chi connectivity index (χ3n) is 5.54. The van der Waals surface area contributed by atoms with Crippen LogP contribution in [-0.4, -0.2) is 49.1 Å². The van der Waals surface area contributed by atoms with Crippen molar-refractivity contribution in [3.8, 4) is 0 Å². The molecule has 0 saturated carbocycles. The van der Waals surface area contributed by atoms with Gasteiger partial charge in [0.15, 0.2) is 0 Å². The van der Waals surface area contributed by atoms with Crippen LogP contribution in [0.3, 0.4) is 0 Å². The van der Waals surface area contributed by atoms with E-state index in [1.807, 2.05) is 4.90 Å². The Bertz CT molecular complexity index is 638. The van der Waals surface area contributed by atoms with Gasteiger partial charge >= 0.3 is 0 Å². The number of ether oxygens (including phenoxy) is 1. The van der Waals surface area contributed by atoms with Crippen LogP contribution < -0.4 is 5.32 Å². The number of hydrogen-bond acceptors (Lipinski definition) is 3. The SMILES string of the molecule is O=C(CC1CCN(C(=O)CC2CCCO2)CC1)NCCc1ccccc1F. The Morgan fingerprint density at radius 3 is 2.63 bits per heavy atom. The zero-order valence-electron chi connectivity index (χ0n) is 15.8. The van der Waals surface area contributed by atoms with E-state index in [1.54, 1.807) is 18.2 Å². The number of hydrogen-bond donors (Lipinski definition) is 1. The van der Waals surface area contributed by atoms with Gasteiger partial charge in [-0.2, -0.15) is 0 Å². The van der Waals surface area contributed by atoms with Crippen LogP contribution >= 0.6 is 0 Å². The molecule has 1 aromatic carbocycles. The zero-order valence-corrected chi connectivity index (χ0v) is 15.8. The fourth-order valence-electron chi connectivity index (χ4n) is 3.89. The van der Waals surface area contributed by atoms with Gasteiger partial charge in [-0.05, 0) is 49.7 Å². The topological polar surface area (TPSA) is 58.6 Å². The second-order valence-electron chi connectivity index (χ2n) is 7.56. The molecular weight excluding hydrogens is 347 g/mol. The van der Waals surface area contributed by atoms with Gasteiger partial charge < -0.3 is 15.0 Å². The van der Waals surface area contributed by atoms with Gasteiger partial charge in [-0.1, -0.05) is 18.2 Å². The summed E-state index contributed by atoms with van der Waals surface area (Å²) in [6.07, 6.45) is 5.30. The number of amides is 2. The molecule has 5 nitrogen and oxygen atoms in total. The molecule has 3 rings (SSSR count). The Morgan fingerprint density at radius 2 is 1.93 bits per heavy atom. The first-order valence-corrected chi connectivity index (χ1v) is 10.0.